The molecule has 0 amide bonds. The number of hydrogen-bond acceptors (Lipinski definition) is 4. The molecule has 0 aliphatic rings. The third-order valence-electron chi connectivity index (χ3n) is 2.58. The van der Waals surface area contributed by atoms with Gasteiger partial charge in [0.2, 0.25) is 0 Å². The first-order valence-electron chi connectivity index (χ1n) is 5.57. The standard InChI is InChI=1S/C13H9ClN2OS2/c14-9-3-1-2-8(6-9)7-19-13-15-11(17)10-4-5-18-12(10)16-13/h1-6H,7H2,(H,15,16,17). The molecule has 0 saturated carbocycles. The lowest BCUT2D eigenvalue weighted by molar-refractivity contribution is 0.979. The summed E-state index contributed by atoms with van der Waals surface area (Å²) < 4.78 is 0. The summed E-state index contributed by atoms with van der Waals surface area (Å²) in [6, 6.07) is 9.46. The summed E-state index contributed by atoms with van der Waals surface area (Å²) in [6.45, 7) is 0. The van der Waals surface area contributed by atoms with Gasteiger partial charge in [0.1, 0.15) is 4.83 Å². The van der Waals surface area contributed by atoms with E-state index >= 15 is 0 Å². The summed E-state index contributed by atoms with van der Waals surface area (Å²) in [6.07, 6.45) is 0. The van der Waals surface area contributed by atoms with Gasteiger partial charge in [-0.15, -0.1) is 11.3 Å². The molecule has 2 aromatic heterocycles. The summed E-state index contributed by atoms with van der Waals surface area (Å²) in [5.41, 5.74) is 1.02. The minimum atomic E-state index is -0.0835. The van der Waals surface area contributed by atoms with Crippen LogP contribution in [0.25, 0.3) is 10.2 Å². The van der Waals surface area contributed by atoms with E-state index in [1.165, 1.54) is 23.1 Å². The molecule has 19 heavy (non-hydrogen) atoms. The van der Waals surface area contributed by atoms with Gasteiger partial charge in [-0.3, -0.25) is 4.79 Å². The fourth-order valence-electron chi connectivity index (χ4n) is 1.69. The predicted molar refractivity (Wildman–Crippen MR) is 81.3 cm³/mol. The molecular weight excluding hydrogens is 300 g/mol. The largest absolute Gasteiger partial charge is 0.301 e. The molecule has 1 aromatic carbocycles. The summed E-state index contributed by atoms with van der Waals surface area (Å²) in [4.78, 5) is 19.8. The highest BCUT2D eigenvalue weighted by Gasteiger charge is 2.05. The molecule has 0 bridgehead atoms. The molecule has 0 unspecified atom stereocenters. The molecule has 2 heterocycles. The van der Waals surface area contributed by atoms with Gasteiger partial charge in [-0.25, -0.2) is 4.98 Å². The summed E-state index contributed by atoms with van der Waals surface area (Å²) >= 11 is 8.90. The molecule has 1 N–H and O–H groups in total. The van der Waals surface area contributed by atoms with Crippen LogP contribution in [0, 0.1) is 0 Å². The number of aromatic nitrogens is 2. The molecule has 6 heteroatoms. The van der Waals surface area contributed by atoms with E-state index in [0.29, 0.717) is 15.6 Å². The lowest BCUT2D eigenvalue weighted by Crippen LogP contribution is -2.07. The first-order chi connectivity index (χ1) is 9.22. The van der Waals surface area contributed by atoms with Crippen LogP contribution in [0.2, 0.25) is 5.02 Å². The van der Waals surface area contributed by atoms with Gasteiger partial charge in [-0.2, -0.15) is 0 Å². The highest BCUT2D eigenvalue weighted by molar-refractivity contribution is 7.98. The van der Waals surface area contributed by atoms with Crippen molar-refractivity contribution in [3.05, 3.63) is 56.7 Å². The van der Waals surface area contributed by atoms with E-state index in [4.69, 9.17) is 11.6 Å². The molecule has 0 aliphatic carbocycles. The van der Waals surface area contributed by atoms with E-state index in [9.17, 15) is 4.79 Å². The van der Waals surface area contributed by atoms with Crippen molar-refractivity contribution >= 4 is 44.9 Å². The number of H-pyrrole nitrogens is 1. The molecule has 0 saturated heterocycles. The van der Waals surface area contributed by atoms with Crippen LogP contribution in [0.1, 0.15) is 5.56 Å². The second-order valence-electron chi connectivity index (χ2n) is 3.93. The predicted octanol–water partition coefficient (Wildman–Crippen LogP) is 3.93. The third kappa shape index (κ3) is 2.83. The van der Waals surface area contributed by atoms with Crippen molar-refractivity contribution in [3.63, 3.8) is 0 Å². The van der Waals surface area contributed by atoms with E-state index < -0.39 is 0 Å². The number of rotatable bonds is 3. The van der Waals surface area contributed by atoms with Crippen LogP contribution in [0.3, 0.4) is 0 Å². The fraction of sp³-hybridized carbons (Fsp3) is 0.0769. The highest BCUT2D eigenvalue weighted by Crippen LogP contribution is 2.23. The number of nitrogens with one attached hydrogen (secondary N) is 1. The molecule has 0 spiro atoms. The Balaban J connectivity index is 1.83. The first-order valence-corrected chi connectivity index (χ1v) is 7.81. The lowest BCUT2D eigenvalue weighted by Gasteiger charge is -2.02. The van der Waals surface area contributed by atoms with Crippen LogP contribution < -0.4 is 5.56 Å². The molecule has 3 aromatic rings. The van der Waals surface area contributed by atoms with E-state index in [2.05, 4.69) is 9.97 Å². The molecule has 3 nitrogen and oxygen atoms in total. The van der Waals surface area contributed by atoms with Crippen molar-refractivity contribution in [2.45, 2.75) is 10.9 Å². The Bertz CT molecular complexity index is 781. The minimum Gasteiger partial charge on any atom is -0.301 e. The van der Waals surface area contributed by atoms with Crippen molar-refractivity contribution in [3.8, 4) is 0 Å². The molecular formula is C13H9ClN2OS2. The maximum absolute atomic E-state index is 11.8. The van der Waals surface area contributed by atoms with Crippen LogP contribution in [0.5, 0.6) is 0 Å². The number of thiophene rings is 1. The van der Waals surface area contributed by atoms with Crippen LogP contribution in [-0.4, -0.2) is 9.97 Å². The Morgan fingerprint density at radius 1 is 1.37 bits per heavy atom. The number of thioether (sulfide) groups is 1. The van der Waals surface area contributed by atoms with Gasteiger partial charge in [0.05, 0.1) is 5.39 Å². The number of hydrogen-bond donors (Lipinski definition) is 1. The van der Waals surface area contributed by atoms with Crippen molar-refractivity contribution in [2.75, 3.05) is 0 Å². The van der Waals surface area contributed by atoms with Crippen molar-refractivity contribution in [1.29, 1.82) is 0 Å². The topological polar surface area (TPSA) is 45.8 Å². The average Bonchev–Trinajstić information content (AvgIpc) is 2.85. The van der Waals surface area contributed by atoms with Gasteiger partial charge in [-0.05, 0) is 29.1 Å². The Morgan fingerprint density at radius 2 is 2.26 bits per heavy atom. The number of aromatic amines is 1. The quantitative estimate of drug-likeness (QED) is 0.589. The van der Waals surface area contributed by atoms with Gasteiger partial charge in [0, 0.05) is 10.8 Å². The van der Waals surface area contributed by atoms with Crippen molar-refractivity contribution < 1.29 is 0 Å². The smallest absolute Gasteiger partial charge is 0.260 e. The van der Waals surface area contributed by atoms with Gasteiger partial charge in [0.15, 0.2) is 5.16 Å². The van der Waals surface area contributed by atoms with Crippen LogP contribution in [0.4, 0.5) is 0 Å². The maximum Gasteiger partial charge on any atom is 0.260 e. The monoisotopic (exact) mass is 308 g/mol. The minimum absolute atomic E-state index is 0.0835. The van der Waals surface area contributed by atoms with E-state index in [-0.39, 0.29) is 5.56 Å². The Kier molecular flexibility index (Phi) is 3.59. The van der Waals surface area contributed by atoms with Crippen molar-refractivity contribution in [2.24, 2.45) is 0 Å². The summed E-state index contributed by atoms with van der Waals surface area (Å²) in [7, 11) is 0. The Morgan fingerprint density at radius 3 is 3.11 bits per heavy atom. The summed E-state index contributed by atoms with van der Waals surface area (Å²) in [5.74, 6) is 0.723. The third-order valence-corrected chi connectivity index (χ3v) is 4.56. The van der Waals surface area contributed by atoms with Crippen molar-refractivity contribution in [1.82, 2.24) is 9.97 Å². The molecule has 0 atom stereocenters. The SMILES string of the molecule is O=c1[nH]c(SCc2cccc(Cl)c2)nc2sccc12. The highest BCUT2D eigenvalue weighted by atomic mass is 35.5. The second kappa shape index (κ2) is 5.36. The van der Waals surface area contributed by atoms with E-state index in [1.54, 1.807) is 6.07 Å². The van der Waals surface area contributed by atoms with Gasteiger partial charge >= 0.3 is 0 Å². The molecule has 3 rings (SSSR count). The average molecular weight is 309 g/mol. The molecule has 0 aliphatic heterocycles. The number of fused-ring (bicyclic) bond motifs is 1. The van der Waals surface area contributed by atoms with Gasteiger partial charge in [0.25, 0.3) is 5.56 Å². The second-order valence-corrected chi connectivity index (χ2v) is 6.22. The van der Waals surface area contributed by atoms with Crippen LogP contribution in [-0.2, 0) is 5.75 Å². The maximum atomic E-state index is 11.8. The summed E-state index contributed by atoms with van der Waals surface area (Å²) in [5, 5.41) is 3.88. The normalized spacial score (nSPS) is 11.0. The van der Waals surface area contributed by atoms with Gasteiger partial charge < -0.3 is 4.98 Å². The zero-order chi connectivity index (χ0) is 13.2. The Hall–Kier alpha value is -1.30. The molecule has 0 fully saturated rings. The Labute approximate surface area is 122 Å². The van der Waals surface area contributed by atoms with E-state index in [1.807, 2.05) is 29.6 Å². The van der Waals surface area contributed by atoms with E-state index in [0.717, 1.165) is 16.1 Å². The first kappa shape index (κ1) is 12.7. The van der Waals surface area contributed by atoms with Crippen LogP contribution >= 0.6 is 34.7 Å². The fourth-order valence-corrected chi connectivity index (χ4v) is 3.53. The van der Waals surface area contributed by atoms with Gasteiger partial charge in [-0.1, -0.05) is 35.5 Å². The lowest BCUT2D eigenvalue weighted by atomic mass is 10.2. The molecule has 0 radical (unpaired) electrons. The zero-order valence-corrected chi connectivity index (χ0v) is 12.1. The molecule has 96 valence electrons. The zero-order valence-electron chi connectivity index (χ0n) is 9.72. The van der Waals surface area contributed by atoms with Crippen LogP contribution in [0.15, 0.2) is 45.7 Å². The number of nitrogens with zero attached hydrogens (tertiary/aromatic N) is 1. The number of halogens is 1. The number of benzene rings is 1.